The zero-order chi connectivity index (χ0) is 17.2. The van der Waals surface area contributed by atoms with Gasteiger partial charge in [-0.3, -0.25) is 19.9 Å². The number of ether oxygens (including phenoxy) is 2. The van der Waals surface area contributed by atoms with E-state index in [1.807, 2.05) is 6.92 Å². The normalized spacial score (nSPS) is 30.7. The molecule has 23 heavy (non-hydrogen) atoms. The maximum atomic E-state index is 11.3. The summed E-state index contributed by atoms with van der Waals surface area (Å²) >= 11 is 0. The van der Waals surface area contributed by atoms with E-state index in [2.05, 4.69) is 4.98 Å². The summed E-state index contributed by atoms with van der Waals surface area (Å²) in [7, 11) is 0. The van der Waals surface area contributed by atoms with Crippen molar-refractivity contribution in [3.8, 4) is 0 Å². The van der Waals surface area contributed by atoms with Gasteiger partial charge in [0, 0.05) is 19.5 Å². The predicted molar refractivity (Wildman–Crippen MR) is 79.6 cm³/mol. The van der Waals surface area contributed by atoms with E-state index >= 15 is 0 Å². The maximum absolute atomic E-state index is 11.3. The Balaban J connectivity index is 2.37. The third-order valence-corrected chi connectivity index (χ3v) is 4.12. The van der Waals surface area contributed by atoms with Crippen LogP contribution in [0.25, 0.3) is 0 Å². The molecule has 2 rings (SSSR count). The molecule has 126 valence electrons. The van der Waals surface area contributed by atoms with Crippen LogP contribution in [0.4, 0.5) is 5.69 Å². The van der Waals surface area contributed by atoms with Crippen LogP contribution in [-0.2, 0) is 14.3 Å². The molecule has 8 nitrogen and oxygen atoms in total. The minimum absolute atomic E-state index is 0.133. The van der Waals surface area contributed by atoms with Crippen molar-refractivity contribution >= 4 is 11.7 Å². The molecular formula is C15H20N2O6. The molecule has 4 atom stereocenters. The van der Waals surface area contributed by atoms with E-state index in [0.29, 0.717) is 12.0 Å². The zero-order valence-electron chi connectivity index (χ0n) is 13.3. The number of rotatable bonds is 4. The Hall–Kier alpha value is -2.06. The van der Waals surface area contributed by atoms with Gasteiger partial charge in [-0.1, -0.05) is 6.92 Å². The number of aromatic nitrogens is 1. The number of nitrogens with zero attached hydrogens (tertiary/aromatic N) is 2. The molecule has 0 amide bonds. The molecule has 0 bridgehead atoms. The lowest BCUT2D eigenvalue weighted by molar-refractivity contribution is -0.387. The van der Waals surface area contributed by atoms with E-state index in [9.17, 15) is 20.0 Å². The lowest BCUT2D eigenvalue weighted by atomic mass is 9.82. The SMILES string of the molecule is CCC1OC(c2ccncc2[N+](=O)[O-])CC(OC(C)=O)C1(C)O. The number of nitro groups is 1. The Kier molecular flexibility index (Phi) is 4.96. The molecule has 0 spiro atoms. The third-order valence-electron chi connectivity index (χ3n) is 4.12. The van der Waals surface area contributed by atoms with E-state index < -0.39 is 34.8 Å². The lowest BCUT2D eigenvalue weighted by Gasteiger charge is -2.45. The monoisotopic (exact) mass is 324 g/mol. The number of hydrogen-bond donors (Lipinski definition) is 1. The largest absolute Gasteiger partial charge is 0.459 e. The third kappa shape index (κ3) is 3.48. The number of carbonyl (C=O) groups excluding carboxylic acids is 1. The topological polar surface area (TPSA) is 112 Å². The van der Waals surface area contributed by atoms with Gasteiger partial charge in [-0.25, -0.2) is 0 Å². The van der Waals surface area contributed by atoms with Crippen molar-refractivity contribution in [1.82, 2.24) is 4.98 Å². The number of esters is 1. The smallest absolute Gasteiger partial charge is 0.303 e. The van der Waals surface area contributed by atoms with Crippen LogP contribution < -0.4 is 0 Å². The fourth-order valence-corrected chi connectivity index (χ4v) is 2.93. The average Bonchev–Trinajstić information content (AvgIpc) is 2.48. The maximum Gasteiger partial charge on any atom is 0.303 e. The molecule has 1 fully saturated rings. The van der Waals surface area contributed by atoms with Gasteiger partial charge in [0.05, 0.1) is 22.7 Å². The van der Waals surface area contributed by atoms with Gasteiger partial charge in [0.25, 0.3) is 5.69 Å². The summed E-state index contributed by atoms with van der Waals surface area (Å²) in [6, 6.07) is 1.51. The highest BCUT2D eigenvalue weighted by atomic mass is 16.6. The number of aliphatic hydroxyl groups is 1. The van der Waals surface area contributed by atoms with Crippen molar-refractivity contribution in [3.05, 3.63) is 34.1 Å². The van der Waals surface area contributed by atoms with E-state index in [0.717, 1.165) is 6.20 Å². The lowest BCUT2D eigenvalue weighted by Crippen LogP contribution is -2.56. The van der Waals surface area contributed by atoms with Gasteiger partial charge in [-0.05, 0) is 19.4 Å². The Bertz CT molecular complexity index is 603. The van der Waals surface area contributed by atoms with Crippen molar-refractivity contribution in [2.75, 3.05) is 0 Å². The Morgan fingerprint density at radius 2 is 2.35 bits per heavy atom. The molecule has 1 aromatic rings. The van der Waals surface area contributed by atoms with Crippen LogP contribution in [0.3, 0.4) is 0 Å². The second kappa shape index (κ2) is 6.59. The van der Waals surface area contributed by atoms with Gasteiger partial charge < -0.3 is 14.6 Å². The molecular weight excluding hydrogens is 304 g/mol. The quantitative estimate of drug-likeness (QED) is 0.511. The first-order chi connectivity index (χ1) is 10.8. The molecule has 0 aromatic carbocycles. The van der Waals surface area contributed by atoms with Gasteiger partial charge in [-0.2, -0.15) is 0 Å². The van der Waals surface area contributed by atoms with Gasteiger partial charge in [-0.15, -0.1) is 0 Å². The summed E-state index contributed by atoms with van der Waals surface area (Å²) in [4.78, 5) is 25.7. The van der Waals surface area contributed by atoms with Crippen LogP contribution in [0.2, 0.25) is 0 Å². The summed E-state index contributed by atoms with van der Waals surface area (Å²) in [6.07, 6.45) is 1.13. The van der Waals surface area contributed by atoms with Crippen molar-refractivity contribution in [2.45, 2.75) is 57.5 Å². The van der Waals surface area contributed by atoms with Crippen LogP contribution in [0.15, 0.2) is 18.5 Å². The first kappa shape index (κ1) is 17.3. The highest BCUT2D eigenvalue weighted by Crippen LogP contribution is 2.41. The van der Waals surface area contributed by atoms with Gasteiger partial charge >= 0.3 is 5.97 Å². The summed E-state index contributed by atoms with van der Waals surface area (Å²) in [5.41, 5.74) is -1.16. The first-order valence-corrected chi connectivity index (χ1v) is 7.40. The number of pyridine rings is 1. The fraction of sp³-hybridized carbons (Fsp3) is 0.600. The van der Waals surface area contributed by atoms with E-state index in [4.69, 9.17) is 9.47 Å². The second-order valence-electron chi connectivity index (χ2n) is 5.77. The van der Waals surface area contributed by atoms with E-state index in [1.54, 1.807) is 6.92 Å². The van der Waals surface area contributed by atoms with Crippen LogP contribution in [0.5, 0.6) is 0 Å². The fourth-order valence-electron chi connectivity index (χ4n) is 2.93. The highest BCUT2D eigenvalue weighted by molar-refractivity contribution is 5.66. The summed E-state index contributed by atoms with van der Waals surface area (Å²) in [6.45, 7) is 4.63. The van der Waals surface area contributed by atoms with E-state index in [-0.39, 0.29) is 12.1 Å². The number of carbonyl (C=O) groups is 1. The van der Waals surface area contributed by atoms with Crippen molar-refractivity contribution in [3.63, 3.8) is 0 Å². The zero-order valence-corrected chi connectivity index (χ0v) is 13.3. The molecule has 1 aromatic heterocycles. The van der Waals surface area contributed by atoms with Gasteiger partial charge in [0.15, 0.2) is 0 Å². The molecule has 8 heteroatoms. The average molecular weight is 324 g/mol. The minimum Gasteiger partial charge on any atom is -0.459 e. The molecule has 1 aliphatic heterocycles. The van der Waals surface area contributed by atoms with Crippen LogP contribution >= 0.6 is 0 Å². The van der Waals surface area contributed by atoms with Gasteiger partial charge in [0.1, 0.15) is 17.9 Å². The molecule has 2 heterocycles. The van der Waals surface area contributed by atoms with Crippen molar-refractivity contribution in [2.24, 2.45) is 0 Å². The Morgan fingerprint density at radius 3 is 2.91 bits per heavy atom. The van der Waals surface area contributed by atoms with Crippen LogP contribution in [0, 0.1) is 10.1 Å². The summed E-state index contributed by atoms with van der Waals surface area (Å²) in [5, 5.41) is 21.8. The molecule has 1 N–H and O–H groups in total. The molecule has 1 saturated heterocycles. The van der Waals surface area contributed by atoms with Crippen molar-refractivity contribution < 1.29 is 24.3 Å². The summed E-state index contributed by atoms with van der Waals surface area (Å²) < 4.78 is 11.1. The highest BCUT2D eigenvalue weighted by Gasteiger charge is 2.49. The Labute approximate surface area is 133 Å². The molecule has 0 aliphatic carbocycles. The minimum atomic E-state index is -1.36. The molecule has 1 aliphatic rings. The molecule has 0 radical (unpaired) electrons. The van der Waals surface area contributed by atoms with Crippen LogP contribution in [0.1, 0.15) is 45.3 Å². The molecule has 0 saturated carbocycles. The predicted octanol–water partition coefficient (Wildman–Crippen LogP) is 1.91. The molecule has 4 unspecified atom stereocenters. The first-order valence-electron chi connectivity index (χ1n) is 7.40. The number of hydrogen-bond acceptors (Lipinski definition) is 7. The van der Waals surface area contributed by atoms with Crippen LogP contribution in [-0.4, -0.2) is 38.8 Å². The van der Waals surface area contributed by atoms with E-state index in [1.165, 1.54) is 19.2 Å². The standard InChI is InChI=1S/C15H20N2O6/c1-4-13-15(3,19)14(22-9(2)18)7-12(23-13)10-5-6-16-8-11(10)17(20)21/h5-6,8,12-14,19H,4,7H2,1-3H3. The second-order valence-corrected chi connectivity index (χ2v) is 5.77. The van der Waals surface area contributed by atoms with Gasteiger partial charge in [0.2, 0.25) is 0 Å². The Morgan fingerprint density at radius 1 is 1.65 bits per heavy atom. The summed E-state index contributed by atoms with van der Waals surface area (Å²) in [5.74, 6) is -0.519. The van der Waals surface area contributed by atoms with Crippen molar-refractivity contribution in [1.29, 1.82) is 0 Å².